The van der Waals surface area contributed by atoms with E-state index in [1.165, 1.54) is 17.0 Å². The average molecular weight is 361 g/mol. The van der Waals surface area contributed by atoms with Crippen molar-refractivity contribution in [2.45, 2.75) is 25.3 Å². The number of thiophene rings is 1. The van der Waals surface area contributed by atoms with Crippen LogP contribution >= 0.6 is 27.3 Å². The smallest absolute Gasteiger partial charge is 0.145 e. The first kappa shape index (κ1) is 15.6. The minimum absolute atomic E-state index is 0.00643. The molecule has 0 saturated heterocycles. The van der Waals surface area contributed by atoms with Crippen LogP contribution in [0.15, 0.2) is 34.1 Å². The summed E-state index contributed by atoms with van der Waals surface area (Å²) in [6.45, 7) is 0. The Balaban J connectivity index is 2.06. The minimum atomic E-state index is -0.593. The van der Waals surface area contributed by atoms with Crippen LogP contribution in [-0.4, -0.2) is 0 Å². The number of benzene rings is 1. The number of nitrogens with one attached hydrogen (secondary N) is 1. The lowest BCUT2D eigenvalue weighted by Crippen LogP contribution is -2.29. The first-order chi connectivity index (χ1) is 9.63. The third-order valence-electron chi connectivity index (χ3n) is 3.13. The molecule has 0 saturated carbocycles. The van der Waals surface area contributed by atoms with Gasteiger partial charge in [-0.25, -0.2) is 8.78 Å². The van der Waals surface area contributed by atoms with Crippen LogP contribution in [0.4, 0.5) is 8.78 Å². The Hall–Kier alpha value is -0.820. The first-order valence-electron chi connectivity index (χ1n) is 6.25. The van der Waals surface area contributed by atoms with Gasteiger partial charge < -0.3 is 0 Å². The van der Waals surface area contributed by atoms with E-state index in [0.29, 0.717) is 6.42 Å². The van der Waals surface area contributed by atoms with E-state index in [1.807, 2.05) is 11.4 Å². The molecule has 0 amide bonds. The second kappa shape index (κ2) is 7.26. The maximum atomic E-state index is 14.0. The Labute approximate surface area is 129 Å². The van der Waals surface area contributed by atoms with Crippen molar-refractivity contribution >= 4 is 27.3 Å². The van der Waals surface area contributed by atoms with Crippen molar-refractivity contribution in [2.24, 2.45) is 5.84 Å². The Bertz CT molecular complexity index is 561. The highest BCUT2D eigenvalue weighted by Gasteiger charge is 2.20. The predicted molar refractivity (Wildman–Crippen MR) is 81.4 cm³/mol. The molecule has 0 aliphatic carbocycles. The lowest BCUT2D eigenvalue weighted by molar-refractivity contribution is 0.443. The van der Waals surface area contributed by atoms with Crippen molar-refractivity contribution in [3.8, 4) is 0 Å². The molecule has 0 spiro atoms. The van der Waals surface area contributed by atoms with E-state index in [-0.39, 0.29) is 10.0 Å². The zero-order valence-electron chi connectivity index (χ0n) is 10.7. The monoisotopic (exact) mass is 360 g/mol. The predicted octanol–water partition coefficient (Wildman–Crippen LogP) is 4.32. The van der Waals surface area contributed by atoms with Gasteiger partial charge in [0.15, 0.2) is 0 Å². The summed E-state index contributed by atoms with van der Waals surface area (Å²) < 4.78 is 28.1. The number of halogens is 3. The quantitative estimate of drug-likeness (QED) is 0.457. The lowest BCUT2D eigenvalue weighted by atomic mass is 10.00. The third kappa shape index (κ3) is 3.63. The molecule has 6 heteroatoms. The van der Waals surface area contributed by atoms with Crippen LogP contribution in [0.2, 0.25) is 0 Å². The van der Waals surface area contributed by atoms with Gasteiger partial charge in [-0.15, -0.1) is 11.3 Å². The van der Waals surface area contributed by atoms with Crippen LogP contribution in [0.25, 0.3) is 0 Å². The minimum Gasteiger partial charge on any atom is -0.271 e. The second-order valence-electron chi connectivity index (χ2n) is 4.45. The van der Waals surface area contributed by atoms with E-state index in [2.05, 4.69) is 27.4 Å². The Morgan fingerprint density at radius 1 is 1.30 bits per heavy atom. The number of rotatable bonds is 6. The van der Waals surface area contributed by atoms with Gasteiger partial charge >= 0.3 is 0 Å². The van der Waals surface area contributed by atoms with Crippen molar-refractivity contribution in [3.63, 3.8) is 0 Å². The van der Waals surface area contributed by atoms with E-state index in [0.717, 1.165) is 12.8 Å². The highest BCUT2D eigenvalue weighted by molar-refractivity contribution is 9.10. The molecular formula is C14H15BrF2N2S. The van der Waals surface area contributed by atoms with Crippen LogP contribution in [-0.2, 0) is 6.42 Å². The zero-order chi connectivity index (χ0) is 14.5. The maximum absolute atomic E-state index is 14.0. The van der Waals surface area contributed by atoms with Crippen molar-refractivity contribution in [1.29, 1.82) is 0 Å². The zero-order valence-corrected chi connectivity index (χ0v) is 13.1. The van der Waals surface area contributed by atoms with Gasteiger partial charge in [-0.05, 0) is 58.8 Å². The molecule has 2 nitrogen and oxygen atoms in total. The number of aryl methyl sites for hydroxylation is 1. The summed E-state index contributed by atoms with van der Waals surface area (Å²) in [7, 11) is 0. The van der Waals surface area contributed by atoms with Gasteiger partial charge in [-0.2, -0.15) is 0 Å². The van der Waals surface area contributed by atoms with Crippen molar-refractivity contribution in [1.82, 2.24) is 5.43 Å². The fraction of sp³-hybridized carbons (Fsp3) is 0.286. The van der Waals surface area contributed by atoms with E-state index >= 15 is 0 Å². The molecule has 20 heavy (non-hydrogen) atoms. The van der Waals surface area contributed by atoms with Crippen molar-refractivity contribution < 1.29 is 8.78 Å². The molecule has 0 radical (unpaired) electrons. The fourth-order valence-corrected chi connectivity index (χ4v) is 3.21. The highest BCUT2D eigenvalue weighted by Crippen LogP contribution is 2.29. The molecule has 1 atom stereocenters. The number of hydrogen-bond donors (Lipinski definition) is 2. The van der Waals surface area contributed by atoms with E-state index < -0.39 is 17.7 Å². The van der Waals surface area contributed by atoms with E-state index in [9.17, 15) is 8.78 Å². The summed E-state index contributed by atoms with van der Waals surface area (Å²) in [4.78, 5) is 1.26. The lowest BCUT2D eigenvalue weighted by Gasteiger charge is -2.18. The van der Waals surface area contributed by atoms with Gasteiger partial charge in [-0.1, -0.05) is 6.07 Å². The second-order valence-corrected chi connectivity index (χ2v) is 6.33. The number of hydrazine groups is 1. The molecule has 2 rings (SSSR count). The van der Waals surface area contributed by atoms with Crippen molar-refractivity contribution in [2.75, 3.05) is 0 Å². The first-order valence-corrected chi connectivity index (χ1v) is 7.92. The van der Waals surface area contributed by atoms with Gasteiger partial charge in [0.2, 0.25) is 0 Å². The standard InChI is InChI=1S/C14H15BrF2N2S/c15-10-6-7-11(16)13(14(10)17)12(19-18)5-1-3-9-4-2-8-20-9/h2,4,6-8,12,19H,1,3,5,18H2. The summed E-state index contributed by atoms with van der Waals surface area (Å²) in [5.74, 6) is 4.28. The summed E-state index contributed by atoms with van der Waals surface area (Å²) in [6.07, 6.45) is 2.26. The van der Waals surface area contributed by atoms with Crippen LogP contribution < -0.4 is 11.3 Å². The highest BCUT2D eigenvalue weighted by atomic mass is 79.9. The van der Waals surface area contributed by atoms with Gasteiger partial charge in [0.25, 0.3) is 0 Å². The van der Waals surface area contributed by atoms with Crippen molar-refractivity contribution in [3.05, 3.63) is 56.2 Å². The third-order valence-corrected chi connectivity index (χ3v) is 4.67. The molecule has 0 bridgehead atoms. The molecule has 108 valence electrons. The molecule has 3 N–H and O–H groups in total. The molecule has 1 aromatic heterocycles. The molecule has 1 heterocycles. The molecule has 1 unspecified atom stereocenters. The SMILES string of the molecule is NNC(CCCc1cccs1)c1c(F)ccc(Br)c1F. The van der Waals surface area contributed by atoms with Gasteiger partial charge in [0.1, 0.15) is 11.6 Å². The Morgan fingerprint density at radius 2 is 2.10 bits per heavy atom. The topological polar surface area (TPSA) is 38.0 Å². The molecule has 0 fully saturated rings. The van der Waals surface area contributed by atoms with Crippen LogP contribution in [0.3, 0.4) is 0 Å². The number of hydrogen-bond acceptors (Lipinski definition) is 3. The van der Waals surface area contributed by atoms with Crippen LogP contribution in [0.5, 0.6) is 0 Å². The van der Waals surface area contributed by atoms with Crippen LogP contribution in [0, 0.1) is 11.6 Å². The molecule has 0 aliphatic rings. The largest absolute Gasteiger partial charge is 0.271 e. The normalized spacial score (nSPS) is 12.6. The summed E-state index contributed by atoms with van der Waals surface area (Å²) in [5.41, 5.74) is 2.50. The summed E-state index contributed by atoms with van der Waals surface area (Å²) in [5, 5.41) is 2.02. The number of nitrogens with two attached hydrogens (primary N) is 1. The Morgan fingerprint density at radius 3 is 2.75 bits per heavy atom. The summed E-state index contributed by atoms with van der Waals surface area (Å²) >= 11 is 4.75. The van der Waals surface area contributed by atoms with E-state index in [4.69, 9.17) is 5.84 Å². The molecular weight excluding hydrogens is 346 g/mol. The van der Waals surface area contributed by atoms with E-state index in [1.54, 1.807) is 11.3 Å². The Kier molecular flexibility index (Phi) is 5.65. The van der Waals surface area contributed by atoms with Gasteiger partial charge in [-0.3, -0.25) is 11.3 Å². The maximum Gasteiger partial charge on any atom is 0.145 e. The molecule has 2 aromatic rings. The molecule has 1 aromatic carbocycles. The van der Waals surface area contributed by atoms with Gasteiger partial charge in [0, 0.05) is 10.4 Å². The molecule has 0 aliphatic heterocycles. The average Bonchev–Trinajstić information content (AvgIpc) is 2.94. The van der Waals surface area contributed by atoms with Gasteiger partial charge in [0.05, 0.1) is 10.5 Å². The summed E-state index contributed by atoms with van der Waals surface area (Å²) in [6, 6.07) is 6.11. The fourth-order valence-electron chi connectivity index (χ4n) is 2.11. The van der Waals surface area contributed by atoms with Crippen LogP contribution in [0.1, 0.15) is 29.3 Å².